The summed E-state index contributed by atoms with van der Waals surface area (Å²) in [4.78, 5) is 13.7. The molecule has 1 aliphatic rings. The van der Waals surface area contributed by atoms with Gasteiger partial charge < -0.3 is 14.7 Å². The first-order valence-electron chi connectivity index (χ1n) is 8.04. The predicted octanol–water partition coefficient (Wildman–Crippen LogP) is 2.93. The molecule has 132 valence electrons. The van der Waals surface area contributed by atoms with Gasteiger partial charge in [-0.15, -0.1) is 0 Å². The molecule has 6 heteroatoms. The Balaban J connectivity index is 1.67. The van der Waals surface area contributed by atoms with Crippen molar-refractivity contribution < 1.29 is 23.4 Å². The van der Waals surface area contributed by atoms with Crippen LogP contribution in [0.4, 0.5) is 8.78 Å². The standard InChI is InChI=1S/C19H19F2NO3/c1-13-5-2-3-8-16(13)25-12-19(24)9-10-22(11-19)18(23)14-6-4-7-15(20)17(14)21/h2-8,24H,9-12H2,1H3/t19-/m0/s1. The number of ether oxygens (including phenoxy) is 1. The smallest absolute Gasteiger partial charge is 0.257 e. The van der Waals surface area contributed by atoms with Crippen molar-refractivity contribution in [2.45, 2.75) is 18.9 Å². The number of carbonyl (C=O) groups is 1. The summed E-state index contributed by atoms with van der Waals surface area (Å²) in [7, 11) is 0. The van der Waals surface area contributed by atoms with E-state index in [1.165, 1.54) is 17.0 Å². The molecule has 1 fully saturated rings. The third-order valence-electron chi connectivity index (χ3n) is 4.39. The Morgan fingerprint density at radius 2 is 2.00 bits per heavy atom. The van der Waals surface area contributed by atoms with E-state index in [1.807, 2.05) is 25.1 Å². The summed E-state index contributed by atoms with van der Waals surface area (Å²) >= 11 is 0. The zero-order chi connectivity index (χ0) is 18.0. The van der Waals surface area contributed by atoms with Crippen LogP contribution in [0.25, 0.3) is 0 Å². The summed E-state index contributed by atoms with van der Waals surface area (Å²) in [5.41, 5.74) is -0.607. The number of benzene rings is 2. The van der Waals surface area contributed by atoms with Gasteiger partial charge in [-0.1, -0.05) is 24.3 Å². The second kappa shape index (κ2) is 6.80. The molecule has 25 heavy (non-hydrogen) atoms. The van der Waals surface area contributed by atoms with Crippen molar-refractivity contribution >= 4 is 5.91 Å². The van der Waals surface area contributed by atoms with E-state index < -0.39 is 23.1 Å². The van der Waals surface area contributed by atoms with Crippen molar-refractivity contribution in [3.63, 3.8) is 0 Å². The number of hydrogen-bond acceptors (Lipinski definition) is 3. The lowest BCUT2D eigenvalue weighted by molar-refractivity contribution is 0.00407. The molecule has 0 spiro atoms. The minimum absolute atomic E-state index is 0.00761. The molecule has 2 aromatic carbocycles. The zero-order valence-electron chi connectivity index (χ0n) is 13.8. The van der Waals surface area contributed by atoms with E-state index in [2.05, 4.69) is 0 Å². The van der Waals surface area contributed by atoms with E-state index in [1.54, 1.807) is 6.07 Å². The number of likely N-dealkylation sites (tertiary alicyclic amines) is 1. The highest BCUT2D eigenvalue weighted by Crippen LogP contribution is 2.26. The van der Waals surface area contributed by atoms with Crippen LogP contribution in [0.5, 0.6) is 5.75 Å². The number of hydrogen-bond donors (Lipinski definition) is 1. The molecule has 2 aromatic rings. The van der Waals surface area contributed by atoms with Gasteiger partial charge in [0.05, 0.1) is 12.1 Å². The molecule has 0 saturated carbocycles. The van der Waals surface area contributed by atoms with Crippen molar-refractivity contribution in [1.82, 2.24) is 4.90 Å². The maximum Gasteiger partial charge on any atom is 0.257 e. The quantitative estimate of drug-likeness (QED) is 0.925. The number of rotatable bonds is 4. The molecular weight excluding hydrogens is 328 g/mol. The van der Waals surface area contributed by atoms with Gasteiger partial charge in [-0.3, -0.25) is 4.79 Å². The van der Waals surface area contributed by atoms with Crippen LogP contribution in [0.2, 0.25) is 0 Å². The summed E-state index contributed by atoms with van der Waals surface area (Å²) in [6, 6.07) is 10.9. The van der Waals surface area contributed by atoms with E-state index in [9.17, 15) is 18.7 Å². The monoisotopic (exact) mass is 347 g/mol. The number of carbonyl (C=O) groups excluding carboxylic acids is 1. The molecule has 4 nitrogen and oxygen atoms in total. The molecule has 1 saturated heterocycles. The first kappa shape index (κ1) is 17.4. The Labute approximate surface area is 144 Å². The number of para-hydroxylation sites is 1. The molecule has 1 atom stereocenters. The van der Waals surface area contributed by atoms with Gasteiger partial charge in [0.25, 0.3) is 5.91 Å². The number of amides is 1. The van der Waals surface area contributed by atoms with E-state index in [4.69, 9.17) is 4.74 Å². The van der Waals surface area contributed by atoms with E-state index in [0.717, 1.165) is 11.6 Å². The van der Waals surface area contributed by atoms with Crippen LogP contribution in [-0.4, -0.2) is 41.2 Å². The molecule has 1 aliphatic heterocycles. The second-order valence-electron chi connectivity index (χ2n) is 6.36. The summed E-state index contributed by atoms with van der Waals surface area (Å²) in [5, 5.41) is 10.6. The van der Waals surface area contributed by atoms with Gasteiger partial charge in [0.15, 0.2) is 11.6 Å². The fourth-order valence-electron chi connectivity index (χ4n) is 2.92. The van der Waals surface area contributed by atoms with Crippen LogP contribution in [0.1, 0.15) is 22.3 Å². The molecule has 0 radical (unpaired) electrons. The topological polar surface area (TPSA) is 49.8 Å². The molecule has 0 aliphatic carbocycles. The van der Waals surface area contributed by atoms with Gasteiger partial charge in [-0.25, -0.2) is 8.78 Å². The average Bonchev–Trinajstić information content (AvgIpc) is 2.99. The maximum absolute atomic E-state index is 13.8. The van der Waals surface area contributed by atoms with Crippen LogP contribution in [0, 0.1) is 18.6 Å². The lowest BCUT2D eigenvalue weighted by Gasteiger charge is -2.24. The normalized spacial score (nSPS) is 19.9. The Morgan fingerprint density at radius 3 is 2.76 bits per heavy atom. The summed E-state index contributed by atoms with van der Waals surface area (Å²) < 4.78 is 32.8. The largest absolute Gasteiger partial charge is 0.490 e. The van der Waals surface area contributed by atoms with Crippen LogP contribution in [0.3, 0.4) is 0 Å². The summed E-state index contributed by atoms with van der Waals surface area (Å²) in [5.74, 6) is -2.21. The molecule has 0 aromatic heterocycles. The predicted molar refractivity (Wildman–Crippen MR) is 88.5 cm³/mol. The van der Waals surface area contributed by atoms with Gasteiger partial charge in [0.2, 0.25) is 0 Å². The Morgan fingerprint density at radius 1 is 1.24 bits per heavy atom. The molecule has 1 amide bonds. The van der Waals surface area contributed by atoms with Gasteiger partial charge >= 0.3 is 0 Å². The number of aryl methyl sites for hydroxylation is 1. The summed E-state index contributed by atoms with van der Waals surface area (Å²) in [6.07, 6.45) is 0.307. The van der Waals surface area contributed by atoms with E-state index in [0.29, 0.717) is 12.2 Å². The lowest BCUT2D eigenvalue weighted by Crippen LogP contribution is -2.41. The molecular formula is C19H19F2NO3. The lowest BCUT2D eigenvalue weighted by atomic mass is 10.1. The number of aliphatic hydroxyl groups is 1. The molecule has 1 heterocycles. The Bertz CT molecular complexity index is 796. The Kier molecular flexibility index (Phi) is 4.72. The van der Waals surface area contributed by atoms with Crippen molar-refractivity contribution in [2.24, 2.45) is 0 Å². The van der Waals surface area contributed by atoms with Crippen LogP contribution < -0.4 is 4.74 Å². The third-order valence-corrected chi connectivity index (χ3v) is 4.39. The average molecular weight is 347 g/mol. The van der Waals surface area contributed by atoms with Crippen molar-refractivity contribution in [3.8, 4) is 5.75 Å². The molecule has 0 unspecified atom stereocenters. The van der Waals surface area contributed by atoms with Crippen LogP contribution in [0.15, 0.2) is 42.5 Å². The Hall–Kier alpha value is -2.47. The summed E-state index contributed by atoms with van der Waals surface area (Å²) in [6.45, 7) is 2.18. The highest BCUT2D eigenvalue weighted by atomic mass is 19.2. The van der Waals surface area contributed by atoms with Crippen molar-refractivity contribution in [3.05, 3.63) is 65.2 Å². The van der Waals surface area contributed by atoms with E-state index >= 15 is 0 Å². The first-order chi connectivity index (χ1) is 11.9. The van der Waals surface area contributed by atoms with Crippen molar-refractivity contribution in [1.29, 1.82) is 0 Å². The maximum atomic E-state index is 13.8. The fraction of sp³-hybridized carbons (Fsp3) is 0.316. The second-order valence-corrected chi connectivity index (χ2v) is 6.36. The van der Waals surface area contributed by atoms with E-state index in [-0.39, 0.29) is 25.3 Å². The van der Waals surface area contributed by atoms with Crippen LogP contribution in [-0.2, 0) is 0 Å². The van der Waals surface area contributed by atoms with Gasteiger partial charge in [-0.2, -0.15) is 0 Å². The fourth-order valence-corrected chi connectivity index (χ4v) is 2.92. The number of nitrogens with zero attached hydrogens (tertiary/aromatic N) is 1. The number of β-amino-alcohol motifs (C(OH)–C–C–N with tert-alkyl or cyclic N) is 1. The minimum Gasteiger partial charge on any atom is -0.490 e. The first-order valence-corrected chi connectivity index (χ1v) is 8.04. The molecule has 0 bridgehead atoms. The zero-order valence-corrected chi connectivity index (χ0v) is 13.8. The minimum atomic E-state index is -1.22. The van der Waals surface area contributed by atoms with Gasteiger partial charge in [-0.05, 0) is 37.1 Å². The molecule has 1 N–H and O–H groups in total. The third kappa shape index (κ3) is 3.64. The van der Waals surface area contributed by atoms with Gasteiger partial charge in [0.1, 0.15) is 18.0 Å². The SMILES string of the molecule is Cc1ccccc1OC[C@]1(O)CCN(C(=O)c2cccc(F)c2F)C1. The number of halogens is 2. The van der Waals surface area contributed by atoms with Crippen molar-refractivity contribution in [2.75, 3.05) is 19.7 Å². The van der Waals surface area contributed by atoms with Crippen LogP contribution >= 0.6 is 0 Å². The highest BCUT2D eigenvalue weighted by Gasteiger charge is 2.40. The van der Waals surface area contributed by atoms with Gasteiger partial charge in [0, 0.05) is 6.54 Å². The molecule has 3 rings (SSSR count). The highest BCUT2D eigenvalue weighted by molar-refractivity contribution is 5.94.